The number of benzene rings is 2. The standard InChI is InChI=1S/C21H22ClN3O3S/c1-15(16-7-9-18(22)10-8-16)25-13-19-12-23-14-24(19)21(29(25,27)28)11-20(26)17-5-3-2-4-6-17/h2-10,12,14-15,20-21,26H,11,13H2,1H3/t15-,20-,21?/m0/s1. The Balaban J connectivity index is 1.69. The SMILES string of the molecule is C[C@@H](c1ccc(Cl)cc1)N1Cc2cncn2C(C[C@H](O)c2ccccc2)S1(=O)=O. The minimum absolute atomic E-state index is 0.0412. The molecule has 0 fully saturated rings. The predicted octanol–water partition coefficient (Wildman–Crippen LogP) is 4.07. The van der Waals surface area contributed by atoms with E-state index in [0.717, 1.165) is 11.3 Å². The molecule has 1 aliphatic heterocycles. The Morgan fingerprint density at radius 3 is 2.52 bits per heavy atom. The van der Waals surface area contributed by atoms with Crippen molar-refractivity contribution in [3.63, 3.8) is 0 Å². The first kappa shape index (κ1) is 20.1. The average Bonchev–Trinajstić information content (AvgIpc) is 3.18. The number of hydrogen-bond donors (Lipinski definition) is 1. The molecule has 6 nitrogen and oxygen atoms in total. The summed E-state index contributed by atoms with van der Waals surface area (Å²) >= 11 is 5.98. The second-order valence-corrected chi connectivity index (χ2v) is 9.71. The molecule has 0 aliphatic carbocycles. The van der Waals surface area contributed by atoms with Crippen molar-refractivity contribution < 1.29 is 13.5 Å². The summed E-state index contributed by atoms with van der Waals surface area (Å²) in [5.74, 6) is 0. The second-order valence-electron chi connectivity index (χ2n) is 7.23. The summed E-state index contributed by atoms with van der Waals surface area (Å²) < 4.78 is 30.3. The van der Waals surface area contributed by atoms with E-state index in [1.165, 1.54) is 10.6 Å². The van der Waals surface area contributed by atoms with Crippen LogP contribution in [0.3, 0.4) is 0 Å². The number of aromatic nitrogens is 2. The summed E-state index contributed by atoms with van der Waals surface area (Å²) in [5, 5.41) is 10.4. The smallest absolute Gasteiger partial charge is 0.236 e. The highest BCUT2D eigenvalue weighted by atomic mass is 35.5. The van der Waals surface area contributed by atoms with Crippen LogP contribution in [0.5, 0.6) is 0 Å². The molecule has 2 heterocycles. The highest BCUT2D eigenvalue weighted by molar-refractivity contribution is 7.89. The minimum atomic E-state index is -3.74. The number of nitrogens with zero attached hydrogens (tertiary/aromatic N) is 3. The topological polar surface area (TPSA) is 75.4 Å². The van der Waals surface area contributed by atoms with Gasteiger partial charge in [-0.2, -0.15) is 4.31 Å². The number of halogens is 1. The quantitative estimate of drug-likeness (QED) is 0.660. The van der Waals surface area contributed by atoms with Gasteiger partial charge >= 0.3 is 0 Å². The highest BCUT2D eigenvalue weighted by Crippen LogP contribution is 2.39. The normalized spacial score (nSPS) is 20.7. The Labute approximate surface area is 175 Å². The van der Waals surface area contributed by atoms with Crippen LogP contribution in [-0.2, 0) is 16.6 Å². The summed E-state index contributed by atoms with van der Waals surface area (Å²) in [6.07, 6.45) is 2.34. The minimum Gasteiger partial charge on any atom is -0.388 e. The lowest BCUT2D eigenvalue weighted by Crippen LogP contribution is -2.43. The summed E-state index contributed by atoms with van der Waals surface area (Å²) in [6.45, 7) is 2.08. The number of hydrogen-bond acceptors (Lipinski definition) is 4. The van der Waals surface area contributed by atoms with Crippen molar-refractivity contribution in [3.05, 3.63) is 89.0 Å². The molecule has 3 aromatic rings. The first-order valence-electron chi connectivity index (χ1n) is 9.38. The molecule has 1 aliphatic rings. The Hall–Kier alpha value is -2.19. The lowest BCUT2D eigenvalue weighted by molar-refractivity contribution is 0.152. The lowest BCUT2D eigenvalue weighted by Gasteiger charge is -2.38. The molecule has 1 N–H and O–H groups in total. The maximum Gasteiger partial charge on any atom is 0.236 e. The fourth-order valence-electron chi connectivity index (χ4n) is 3.77. The molecule has 0 saturated carbocycles. The zero-order valence-electron chi connectivity index (χ0n) is 15.9. The van der Waals surface area contributed by atoms with E-state index in [0.29, 0.717) is 10.6 Å². The van der Waals surface area contributed by atoms with E-state index in [1.54, 1.807) is 35.0 Å². The van der Waals surface area contributed by atoms with Gasteiger partial charge in [-0.1, -0.05) is 54.1 Å². The van der Waals surface area contributed by atoms with Crippen molar-refractivity contribution in [3.8, 4) is 0 Å². The predicted molar refractivity (Wildman–Crippen MR) is 112 cm³/mol. The van der Waals surface area contributed by atoms with Gasteiger partial charge in [0.15, 0.2) is 5.37 Å². The van der Waals surface area contributed by atoms with Gasteiger partial charge < -0.3 is 9.67 Å². The van der Waals surface area contributed by atoms with Crippen LogP contribution in [-0.4, -0.2) is 27.4 Å². The molecule has 4 rings (SSSR count). The maximum absolute atomic E-state index is 13.6. The van der Waals surface area contributed by atoms with Gasteiger partial charge in [0.1, 0.15) is 0 Å². The molecular weight excluding hydrogens is 410 g/mol. The van der Waals surface area contributed by atoms with Crippen molar-refractivity contribution in [1.29, 1.82) is 0 Å². The van der Waals surface area contributed by atoms with Gasteiger partial charge in [-0.15, -0.1) is 0 Å². The highest BCUT2D eigenvalue weighted by Gasteiger charge is 2.42. The first-order valence-corrected chi connectivity index (χ1v) is 11.3. The van der Waals surface area contributed by atoms with Gasteiger partial charge in [-0.3, -0.25) is 0 Å². The van der Waals surface area contributed by atoms with Crippen LogP contribution in [0.4, 0.5) is 0 Å². The molecule has 0 spiro atoms. The molecule has 1 aromatic heterocycles. The van der Waals surface area contributed by atoms with Crippen molar-refractivity contribution in [1.82, 2.24) is 13.9 Å². The van der Waals surface area contributed by atoms with Crippen molar-refractivity contribution >= 4 is 21.6 Å². The zero-order chi connectivity index (χ0) is 20.6. The van der Waals surface area contributed by atoms with Crippen LogP contribution in [0.2, 0.25) is 5.02 Å². The maximum atomic E-state index is 13.6. The molecule has 0 bridgehead atoms. The van der Waals surface area contributed by atoms with Crippen molar-refractivity contribution in [2.45, 2.75) is 37.4 Å². The van der Waals surface area contributed by atoms with Crippen LogP contribution >= 0.6 is 11.6 Å². The van der Waals surface area contributed by atoms with Gasteiger partial charge in [0.2, 0.25) is 10.0 Å². The molecule has 152 valence electrons. The Kier molecular flexibility index (Phi) is 5.48. The Bertz CT molecular complexity index is 1080. The molecule has 0 amide bonds. The Morgan fingerprint density at radius 2 is 1.83 bits per heavy atom. The van der Waals surface area contributed by atoms with E-state index in [4.69, 9.17) is 11.6 Å². The summed E-state index contributed by atoms with van der Waals surface area (Å²) in [5.41, 5.74) is 2.34. The third-order valence-corrected chi connectivity index (χ3v) is 7.90. The van der Waals surface area contributed by atoms with Gasteiger partial charge in [0, 0.05) is 23.7 Å². The molecular formula is C21H22ClN3O3S. The van der Waals surface area contributed by atoms with Crippen molar-refractivity contribution in [2.75, 3.05) is 0 Å². The number of aliphatic hydroxyl groups is 1. The molecule has 0 radical (unpaired) electrons. The van der Waals surface area contributed by atoms with Crippen LogP contribution in [0, 0.1) is 0 Å². The van der Waals surface area contributed by atoms with Crippen LogP contribution in [0.1, 0.15) is 47.7 Å². The zero-order valence-corrected chi connectivity index (χ0v) is 17.5. The van der Waals surface area contributed by atoms with E-state index in [-0.39, 0.29) is 19.0 Å². The molecule has 2 aromatic carbocycles. The number of sulfonamides is 1. The molecule has 29 heavy (non-hydrogen) atoms. The number of aliphatic hydroxyl groups excluding tert-OH is 1. The van der Waals surface area contributed by atoms with Crippen LogP contribution in [0.25, 0.3) is 0 Å². The van der Waals surface area contributed by atoms with E-state index in [1.807, 2.05) is 37.3 Å². The molecule has 8 heteroatoms. The number of rotatable bonds is 5. The third-order valence-electron chi connectivity index (χ3n) is 5.44. The largest absolute Gasteiger partial charge is 0.388 e. The number of imidazole rings is 1. The first-order chi connectivity index (χ1) is 13.9. The second kappa shape index (κ2) is 7.91. The summed E-state index contributed by atoms with van der Waals surface area (Å²) in [4.78, 5) is 4.15. The van der Waals surface area contributed by atoms with Crippen molar-refractivity contribution in [2.24, 2.45) is 0 Å². The monoisotopic (exact) mass is 431 g/mol. The Morgan fingerprint density at radius 1 is 1.14 bits per heavy atom. The van der Waals surface area contributed by atoms with Gasteiger partial charge in [0.25, 0.3) is 0 Å². The number of fused-ring (bicyclic) bond motifs is 1. The van der Waals surface area contributed by atoms with E-state index in [2.05, 4.69) is 4.98 Å². The fraction of sp³-hybridized carbons (Fsp3) is 0.286. The lowest BCUT2D eigenvalue weighted by atomic mass is 10.1. The van der Waals surface area contributed by atoms with Crippen LogP contribution in [0.15, 0.2) is 67.1 Å². The molecule has 1 unspecified atom stereocenters. The molecule has 0 saturated heterocycles. The van der Waals surface area contributed by atoms with E-state index in [9.17, 15) is 13.5 Å². The van der Waals surface area contributed by atoms with Gasteiger partial charge in [0.05, 0.1) is 24.7 Å². The van der Waals surface area contributed by atoms with E-state index < -0.39 is 21.5 Å². The average molecular weight is 432 g/mol. The van der Waals surface area contributed by atoms with Crippen LogP contribution < -0.4 is 0 Å². The summed E-state index contributed by atoms with van der Waals surface area (Å²) in [7, 11) is -3.74. The third kappa shape index (κ3) is 3.83. The summed E-state index contributed by atoms with van der Waals surface area (Å²) in [6, 6.07) is 15.9. The van der Waals surface area contributed by atoms with Gasteiger partial charge in [-0.25, -0.2) is 13.4 Å². The van der Waals surface area contributed by atoms with E-state index >= 15 is 0 Å². The molecule has 3 atom stereocenters. The fourth-order valence-corrected chi connectivity index (χ4v) is 5.98. The van der Waals surface area contributed by atoms with Gasteiger partial charge in [-0.05, 0) is 30.2 Å².